The second-order valence-electron chi connectivity index (χ2n) is 3.84. The summed E-state index contributed by atoms with van der Waals surface area (Å²) in [5.41, 5.74) is 0. The average molecular weight is 225 g/mol. The van der Waals surface area contributed by atoms with Gasteiger partial charge in [0.05, 0.1) is 11.5 Å². The molecule has 1 amide bonds. The van der Waals surface area contributed by atoms with E-state index >= 15 is 0 Å². The number of methoxy groups -OCH3 is 1. The Balaban J connectivity index is 1.93. The molecule has 15 heavy (non-hydrogen) atoms. The molecule has 1 aromatic rings. The molecule has 1 unspecified atom stereocenters. The Labute approximate surface area is 93.7 Å². The van der Waals surface area contributed by atoms with Crippen molar-refractivity contribution < 1.29 is 9.53 Å². The first-order valence-corrected chi connectivity index (χ1v) is 6.01. The number of carbonyl (C=O) groups is 1. The zero-order valence-electron chi connectivity index (χ0n) is 8.81. The van der Waals surface area contributed by atoms with Crippen LogP contribution in [0.2, 0.25) is 0 Å². The van der Waals surface area contributed by atoms with E-state index in [9.17, 15) is 4.79 Å². The predicted octanol–water partition coefficient (Wildman–Crippen LogP) is 1.86. The van der Waals surface area contributed by atoms with Crippen LogP contribution in [-0.4, -0.2) is 37.6 Å². The molecule has 1 aliphatic rings. The average Bonchev–Trinajstić information content (AvgIpc) is 2.87. The molecular formula is C11H15NO2S. The molecule has 0 spiro atoms. The second-order valence-corrected chi connectivity index (χ2v) is 4.79. The highest BCUT2D eigenvalue weighted by Gasteiger charge is 2.26. The number of ether oxygens (including phenoxy) is 1. The molecule has 1 aromatic heterocycles. The fourth-order valence-electron chi connectivity index (χ4n) is 1.94. The third-order valence-corrected chi connectivity index (χ3v) is 3.57. The van der Waals surface area contributed by atoms with Gasteiger partial charge >= 0.3 is 0 Å². The highest BCUT2D eigenvalue weighted by molar-refractivity contribution is 7.12. The minimum Gasteiger partial charge on any atom is -0.384 e. The monoisotopic (exact) mass is 225 g/mol. The van der Waals surface area contributed by atoms with Crippen molar-refractivity contribution in [3.05, 3.63) is 22.4 Å². The summed E-state index contributed by atoms with van der Waals surface area (Å²) in [4.78, 5) is 14.7. The summed E-state index contributed by atoms with van der Waals surface area (Å²) in [5.74, 6) is 0.683. The molecule has 0 bridgehead atoms. The van der Waals surface area contributed by atoms with Crippen molar-refractivity contribution >= 4 is 17.2 Å². The molecular weight excluding hydrogens is 210 g/mol. The molecule has 0 N–H and O–H groups in total. The van der Waals surface area contributed by atoms with Crippen molar-refractivity contribution in [2.24, 2.45) is 5.92 Å². The Hall–Kier alpha value is -0.870. The smallest absolute Gasteiger partial charge is 0.263 e. The van der Waals surface area contributed by atoms with E-state index in [2.05, 4.69) is 0 Å². The lowest BCUT2D eigenvalue weighted by Gasteiger charge is -2.15. The van der Waals surface area contributed by atoms with Gasteiger partial charge in [0.25, 0.3) is 5.91 Å². The van der Waals surface area contributed by atoms with Gasteiger partial charge in [0.2, 0.25) is 0 Å². The third-order valence-electron chi connectivity index (χ3n) is 2.71. The van der Waals surface area contributed by atoms with Crippen LogP contribution in [0.3, 0.4) is 0 Å². The maximum Gasteiger partial charge on any atom is 0.263 e. The first kappa shape index (κ1) is 10.6. The van der Waals surface area contributed by atoms with E-state index in [0.29, 0.717) is 5.92 Å². The zero-order chi connectivity index (χ0) is 10.7. The Morgan fingerprint density at radius 3 is 3.27 bits per heavy atom. The van der Waals surface area contributed by atoms with Gasteiger partial charge in [-0.15, -0.1) is 11.3 Å². The minimum absolute atomic E-state index is 0.170. The van der Waals surface area contributed by atoms with Gasteiger partial charge in [0.15, 0.2) is 0 Å². The van der Waals surface area contributed by atoms with Gasteiger partial charge in [-0.1, -0.05) is 6.07 Å². The SMILES string of the molecule is COCC1CCN(C(=O)c2cccs2)C1. The van der Waals surface area contributed by atoms with E-state index in [1.807, 2.05) is 22.4 Å². The number of hydrogen-bond donors (Lipinski definition) is 0. The van der Waals surface area contributed by atoms with Crippen LogP contribution in [-0.2, 0) is 4.74 Å². The molecule has 0 aliphatic carbocycles. The van der Waals surface area contributed by atoms with Crippen LogP contribution in [0.4, 0.5) is 0 Å². The predicted molar refractivity (Wildman–Crippen MR) is 60.2 cm³/mol. The topological polar surface area (TPSA) is 29.5 Å². The molecule has 1 aliphatic heterocycles. The van der Waals surface area contributed by atoms with Gasteiger partial charge in [-0.05, 0) is 17.9 Å². The number of carbonyl (C=O) groups excluding carboxylic acids is 1. The van der Waals surface area contributed by atoms with Crippen molar-refractivity contribution in [1.82, 2.24) is 4.90 Å². The van der Waals surface area contributed by atoms with E-state index in [0.717, 1.165) is 31.0 Å². The molecule has 0 radical (unpaired) electrons. The van der Waals surface area contributed by atoms with Gasteiger partial charge in [0, 0.05) is 26.1 Å². The maximum absolute atomic E-state index is 12.0. The van der Waals surface area contributed by atoms with E-state index in [4.69, 9.17) is 4.74 Å². The number of hydrogen-bond acceptors (Lipinski definition) is 3. The van der Waals surface area contributed by atoms with Gasteiger partial charge in [-0.2, -0.15) is 0 Å². The number of likely N-dealkylation sites (tertiary alicyclic amines) is 1. The third kappa shape index (κ3) is 2.38. The van der Waals surface area contributed by atoms with Crippen LogP contribution >= 0.6 is 11.3 Å². The Bertz CT molecular complexity index is 323. The van der Waals surface area contributed by atoms with E-state index < -0.39 is 0 Å². The second kappa shape index (κ2) is 4.77. The highest BCUT2D eigenvalue weighted by atomic mass is 32.1. The first-order chi connectivity index (χ1) is 7.31. The number of rotatable bonds is 3. The fourth-order valence-corrected chi connectivity index (χ4v) is 2.64. The van der Waals surface area contributed by atoms with Gasteiger partial charge < -0.3 is 9.64 Å². The molecule has 4 heteroatoms. The van der Waals surface area contributed by atoms with Crippen molar-refractivity contribution in [2.75, 3.05) is 26.8 Å². The molecule has 1 fully saturated rings. The van der Waals surface area contributed by atoms with E-state index in [1.54, 1.807) is 7.11 Å². The lowest BCUT2D eigenvalue weighted by Crippen LogP contribution is -2.28. The van der Waals surface area contributed by atoms with E-state index in [1.165, 1.54) is 11.3 Å². The van der Waals surface area contributed by atoms with Gasteiger partial charge in [-0.25, -0.2) is 0 Å². The lowest BCUT2D eigenvalue weighted by atomic mass is 10.1. The van der Waals surface area contributed by atoms with Crippen LogP contribution < -0.4 is 0 Å². The van der Waals surface area contributed by atoms with Crippen molar-refractivity contribution in [1.29, 1.82) is 0 Å². The first-order valence-electron chi connectivity index (χ1n) is 5.13. The van der Waals surface area contributed by atoms with Crippen molar-refractivity contribution in [3.63, 3.8) is 0 Å². The van der Waals surface area contributed by atoms with Crippen LogP contribution in [0, 0.1) is 5.92 Å². The largest absolute Gasteiger partial charge is 0.384 e. The van der Waals surface area contributed by atoms with Gasteiger partial charge in [-0.3, -0.25) is 4.79 Å². The van der Waals surface area contributed by atoms with E-state index in [-0.39, 0.29) is 5.91 Å². The lowest BCUT2D eigenvalue weighted by molar-refractivity contribution is 0.0780. The molecule has 2 rings (SSSR count). The van der Waals surface area contributed by atoms with Crippen LogP contribution in [0.5, 0.6) is 0 Å². The minimum atomic E-state index is 0.170. The number of amides is 1. The normalized spacial score (nSPS) is 20.9. The zero-order valence-corrected chi connectivity index (χ0v) is 9.63. The fraction of sp³-hybridized carbons (Fsp3) is 0.545. The van der Waals surface area contributed by atoms with Crippen LogP contribution in [0.25, 0.3) is 0 Å². The van der Waals surface area contributed by atoms with Crippen molar-refractivity contribution in [2.45, 2.75) is 6.42 Å². The number of thiophene rings is 1. The molecule has 3 nitrogen and oxygen atoms in total. The summed E-state index contributed by atoms with van der Waals surface area (Å²) in [7, 11) is 1.71. The molecule has 2 heterocycles. The maximum atomic E-state index is 12.0. The van der Waals surface area contributed by atoms with Gasteiger partial charge in [0.1, 0.15) is 0 Å². The molecule has 82 valence electrons. The summed E-state index contributed by atoms with van der Waals surface area (Å²) < 4.78 is 5.11. The van der Waals surface area contributed by atoms with Crippen LogP contribution in [0.1, 0.15) is 16.1 Å². The van der Waals surface area contributed by atoms with Crippen molar-refractivity contribution in [3.8, 4) is 0 Å². The Morgan fingerprint density at radius 2 is 2.60 bits per heavy atom. The summed E-state index contributed by atoms with van der Waals surface area (Å²) in [6.07, 6.45) is 1.06. The molecule has 0 aromatic carbocycles. The Morgan fingerprint density at radius 1 is 1.73 bits per heavy atom. The Kier molecular flexibility index (Phi) is 3.38. The summed E-state index contributed by atoms with van der Waals surface area (Å²) in [6.45, 7) is 2.46. The summed E-state index contributed by atoms with van der Waals surface area (Å²) >= 11 is 1.51. The summed E-state index contributed by atoms with van der Waals surface area (Å²) in [5, 5.41) is 1.94. The molecule has 1 atom stereocenters. The quantitative estimate of drug-likeness (QED) is 0.785. The molecule has 0 saturated carbocycles. The highest BCUT2D eigenvalue weighted by Crippen LogP contribution is 2.20. The number of nitrogens with zero attached hydrogens (tertiary/aromatic N) is 1. The molecule has 1 saturated heterocycles. The summed E-state index contributed by atoms with van der Waals surface area (Å²) in [6, 6.07) is 3.80. The standard InChI is InChI=1S/C11H15NO2S/c1-14-8-9-4-5-12(7-9)11(13)10-3-2-6-15-10/h2-3,6,9H,4-5,7-8H2,1H3. The van der Waals surface area contributed by atoms with Crippen LogP contribution in [0.15, 0.2) is 17.5 Å².